The van der Waals surface area contributed by atoms with E-state index in [9.17, 15) is 26.4 Å². The average molecular weight is 473 g/mol. The first-order valence-electron chi connectivity index (χ1n) is 9.42. The Morgan fingerprint density at radius 1 is 1.25 bits per heavy atom. The average Bonchev–Trinajstić information content (AvgIpc) is 2.70. The lowest BCUT2D eigenvalue weighted by Crippen LogP contribution is -2.58. The number of anilines is 1. The lowest BCUT2D eigenvalue weighted by atomic mass is 10.1. The number of nitrogens with zero attached hydrogens (tertiary/aromatic N) is 2. The first-order chi connectivity index (χ1) is 14.8. The van der Waals surface area contributed by atoms with E-state index < -0.39 is 44.2 Å². The molecule has 0 spiro atoms. The van der Waals surface area contributed by atoms with Gasteiger partial charge < -0.3 is 15.8 Å². The lowest BCUT2D eigenvalue weighted by Gasteiger charge is -2.33. The molecule has 9 nitrogen and oxygen atoms in total. The second-order valence-corrected chi connectivity index (χ2v) is 10.3. The number of ether oxygens (including phenoxy) is 1. The molecule has 0 fully saturated rings. The molecular formula is C19H22F3N5O4S. The number of alkyl halides is 3. The minimum atomic E-state index is -4.62. The lowest BCUT2D eigenvalue weighted by molar-refractivity contribution is -0.138. The predicted molar refractivity (Wildman–Crippen MR) is 109 cm³/mol. The second kappa shape index (κ2) is 8.73. The smallest absolute Gasteiger partial charge is 0.362 e. The van der Waals surface area contributed by atoms with Crippen LogP contribution < -0.4 is 16.4 Å². The number of hydrogen-bond acceptors (Lipinski definition) is 8. The Balaban J connectivity index is 1.86. The highest BCUT2D eigenvalue weighted by Gasteiger charge is 2.40. The number of amides is 1. The van der Waals surface area contributed by atoms with E-state index in [-0.39, 0.29) is 24.8 Å². The van der Waals surface area contributed by atoms with Crippen LogP contribution in [0.3, 0.4) is 0 Å². The summed E-state index contributed by atoms with van der Waals surface area (Å²) in [5, 5.41) is 5.30. The number of nitrogens with one attached hydrogen (secondary N) is 2. The van der Waals surface area contributed by atoms with Gasteiger partial charge in [-0.3, -0.25) is 10.1 Å². The molecule has 0 saturated carbocycles. The standard InChI is InChI=1S/C19H22F3N5O4S/c1-18(2)17(23)26-10-31-8-11-3-4-14(5-12(11)9-32(18,29)30)27-16(28)15-24-6-13(7-25-15)19(20,21)22/h3-7,17,26H,8-10,23H2,1-2H3,(H,27,28). The molecule has 32 heavy (non-hydrogen) atoms. The minimum Gasteiger partial charge on any atom is -0.362 e. The zero-order valence-corrected chi connectivity index (χ0v) is 18.0. The number of aromatic nitrogens is 2. The fourth-order valence-corrected chi connectivity index (χ4v) is 4.42. The SMILES string of the molecule is CC1(C)C(N)NCOCc2ccc(NC(=O)c3ncc(C(F)(F)F)cn3)cc2CS1(=O)=O. The molecule has 1 amide bonds. The highest BCUT2D eigenvalue weighted by molar-refractivity contribution is 7.92. The van der Waals surface area contributed by atoms with Crippen molar-refractivity contribution in [2.75, 3.05) is 12.0 Å². The molecule has 4 N–H and O–H groups in total. The summed E-state index contributed by atoms with van der Waals surface area (Å²) < 4.78 is 68.2. The topological polar surface area (TPSA) is 136 Å². The van der Waals surface area contributed by atoms with Crippen molar-refractivity contribution in [1.82, 2.24) is 15.3 Å². The summed E-state index contributed by atoms with van der Waals surface area (Å²) >= 11 is 0. The molecule has 2 aromatic rings. The zero-order valence-electron chi connectivity index (χ0n) is 17.2. The van der Waals surface area contributed by atoms with E-state index in [1.165, 1.54) is 26.0 Å². The van der Waals surface area contributed by atoms with E-state index in [4.69, 9.17) is 10.5 Å². The van der Waals surface area contributed by atoms with Crippen molar-refractivity contribution in [2.24, 2.45) is 5.73 Å². The Kier molecular flexibility index (Phi) is 6.56. The van der Waals surface area contributed by atoms with Gasteiger partial charge in [-0.25, -0.2) is 18.4 Å². The molecule has 2 heterocycles. The van der Waals surface area contributed by atoms with Gasteiger partial charge in [0.15, 0.2) is 9.84 Å². The third-order valence-corrected chi connectivity index (χ3v) is 7.75. The molecule has 1 aliphatic rings. The molecule has 0 bridgehead atoms. The maximum Gasteiger partial charge on any atom is 0.419 e. The number of hydrogen-bond donors (Lipinski definition) is 3. The first kappa shape index (κ1) is 24.0. The Bertz CT molecular complexity index is 1100. The number of nitrogens with two attached hydrogens (primary N) is 1. The van der Waals surface area contributed by atoms with Gasteiger partial charge in [0.25, 0.3) is 5.91 Å². The summed E-state index contributed by atoms with van der Waals surface area (Å²) in [7, 11) is -3.73. The van der Waals surface area contributed by atoms with Gasteiger partial charge in [-0.05, 0) is 37.1 Å². The van der Waals surface area contributed by atoms with Gasteiger partial charge in [0.1, 0.15) is 0 Å². The van der Waals surface area contributed by atoms with Crippen LogP contribution in [0.5, 0.6) is 0 Å². The van der Waals surface area contributed by atoms with Crippen LogP contribution in [0.15, 0.2) is 30.6 Å². The number of sulfone groups is 1. The summed E-state index contributed by atoms with van der Waals surface area (Å²) in [5.74, 6) is -1.66. The molecule has 3 rings (SSSR count). The fourth-order valence-electron chi connectivity index (χ4n) is 2.90. The summed E-state index contributed by atoms with van der Waals surface area (Å²) in [6.45, 7) is 3.17. The molecule has 0 aliphatic carbocycles. The van der Waals surface area contributed by atoms with E-state index in [2.05, 4.69) is 20.6 Å². The number of carbonyl (C=O) groups is 1. The van der Waals surface area contributed by atoms with E-state index in [0.29, 0.717) is 23.5 Å². The maximum atomic E-state index is 13.0. The van der Waals surface area contributed by atoms with E-state index in [1.807, 2.05) is 0 Å². The maximum absolute atomic E-state index is 13.0. The minimum absolute atomic E-state index is 0.0449. The Morgan fingerprint density at radius 3 is 2.53 bits per heavy atom. The van der Waals surface area contributed by atoms with Crippen molar-refractivity contribution in [3.05, 3.63) is 53.1 Å². The summed E-state index contributed by atoms with van der Waals surface area (Å²) in [5.41, 5.74) is 6.13. The van der Waals surface area contributed by atoms with E-state index in [0.717, 1.165) is 0 Å². The largest absolute Gasteiger partial charge is 0.419 e. The Hall–Kier alpha value is -2.61. The molecule has 0 saturated heterocycles. The van der Waals surface area contributed by atoms with Crippen molar-refractivity contribution in [1.29, 1.82) is 0 Å². The zero-order chi connectivity index (χ0) is 23.7. The van der Waals surface area contributed by atoms with Crippen LogP contribution in [0, 0.1) is 0 Å². The molecular weight excluding hydrogens is 451 g/mol. The molecule has 1 aromatic heterocycles. The Morgan fingerprint density at radius 2 is 1.91 bits per heavy atom. The van der Waals surface area contributed by atoms with Gasteiger partial charge in [0.05, 0.1) is 35.6 Å². The van der Waals surface area contributed by atoms with Crippen LogP contribution in [0.1, 0.15) is 41.2 Å². The van der Waals surface area contributed by atoms with Crippen LogP contribution in [0.2, 0.25) is 0 Å². The van der Waals surface area contributed by atoms with E-state index in [1.54, 1.807) is 6.07 Å². The summed E-state index contributed by atoms with van der Waals surface area (Å²) in [6, 6.07) is 4.59. The normalized spacial score (nSPS) is 20.8. The summed E-state index contributed by atoms with van der Waals surface area (Å²) in [6.07, 6.45) is -4.47. The van der Waals surface area contributed by atoms with Gasteiger partial charge in [0.2, 0.25) is 5.82 Å². The van der Waals surface area contributed by atoms with Gasteiger partial charge in [0, 0.05) is 18.1 Å². The van der Waals surface area contributed by atoms with Crippen molar-refractivity contribution >= 4 is 21.4 Å². The highest BCUT2D eigenvalue weighted by Crippen LogP contribution is 2.29. The quantitative estimate of drug-likeness (QED) is 0.601. The molecule has 13 heteroatoms. The third-order valence-electron chi connectivity index (χ3n) is 5.21. The third kappa shape index (κ3) is 5.06. The second-order valence-electron chi connectivity index (χ2n) is 7.77. The van der Waals surface area contributed by atoms with Gasteiger partial charge in [-0.1, -0.05) is 6.07 Å². The fraction of sp³-hybridized carbons (Fsp3) is 0.421. The van der Waals surface area contributed by atoms with Crippen molar-refractivity contribution < 1.29 is 31.1 Å². The monoisotopic (exact) mass is 473 g/mol. The molecule has 1 aromatic carbocycles. The van der Waals surface area contributed by atoms with Crippen LogP contribution in [-0.2, 0) is 33.1 Å². The van der Waals surface area contributed by atoms with Gasteiger partial charge >= 0.3 is 6.18 Å². The van der Waals surface area contributed by atoms with Gasteiger partial charge in [-0.2, -0.15) is 13.2 Å². The van der Waals surface area contributed by atoms with Crippen LogP contribution in [0.4, 0.5) is 18.9 Å². The number of benzene rings is 1. The van der Waals surface area contributed by atoms with E-state index >= 15 is 0 Å². The number of halogens is 3. The molecule has 174 valence electrons. The van der Waals surface area contributed by atoms with Crippen molar-refractivity contribution in [2.45, 2.75) is 43.3 Å². The van der Waals surface area contributed by atoms with Crippen molar-refractivity contribution in [3.63, 3.8) is 0 Å². The molecule has 1 atom stereocenters. The first-order valence-corrected chi connectivity index (χ1v) is 11.1. The van der Waals surface area contributed by atoms with Crippen LogP contribution >= 0.6 is 0 Å². The summed E-state index contributed by atoms with van der Waals surface area (Å²) in [4.78, 5) is 19.3. The van der Waals surface area contributed by atoms with Crippen molar-refractivity contribution in [3.8, 4) is 0 Å². The predicted octanol–water partition coefficient (Wildman–Crippen LogP) is 1.80. The number of rotatable bonds is 2. The molecule has 0 radical (unpaired) electrons. The molecule has 1 aliphatic heterocycles. The molecule has 1 unspecified atom stereocenters. The van der Waals surface area contributed by atoms with Crippen LogP contribution in [0.25, 0.3) is 0 Å². The number of carbonyl (C=O) groups excluding carboxylic acids is 1. The van der Waals surface area contributed by atoms with Gasteiger partial charge in [-0.15, -0.1) is 0 Å². The number of fused-ring (bicyclic) bond motifs is 1. The van der Waals surface area contributed by atoms with Crippen LogP contribution in [-0.4, -0.2) is 41.9 Å². The Labute approximate surface area is 182 Å². The highest BCUT2D eigenvalue weighted by atomic mass is 32.2.